The van der Waals surface area contributed by atoms with Gasteiger partial charge in [-0.25, -0.2) is 0 Å². The van der Waals surface area contributed by atoms with Gasteiger partial charge in [-0.15, -0.1) is 11.3 Å². The van der Waals surface area contributed by atoms with E-state index >= 15 is 0 Å². The van der Waals surface area contributed by atoms with Crippen molar-refractivity contribution in [2.45, 2.75) is 58.0 Å². The van der Waals surface area contributed by atoms with Gasteiger partial charge in [0.15, 0.2) is 0 Å². The molecule has 7 heteroatoms. The van der Waals surface area contributed by atoms with Gasteiger partial charge in [0.2, 0.25) is 0 Å². The average Bonchev–Trinajstić information content (AvgIpc) is 3.30. The molecule has 0 unspecified atom stereocenters. The highest BCUT2D eigenvalue weighted by molar-refractivity contribution is 7.11. The van der Waals surface area contributed by atoms with Gasteiger partial charge in [-0.05, 0) is 112 Å². The van der Waals surface area contributed by atoms with E-state index in [1.807, 2.05) is 35.6 Å². The van der Waals surface area contributed by atoms with Crippen LogP contribution in [0.4, 0.5) is 0 Å². The number of methoxy groups -OCH3 is 1. The van der Waals surface area contributed by atoms with Crippen LogP contribution in [0.25, 0.3) is 10.9 Å². The topological polar surface area (TPSA) is 82.9 Å². The lowest BCUT2D eigenvalue weighted by Gasteiger charge is -2.39. The molecule has 1 aliphatic rings. The van der Waals surface area contributed by atoms with E-state index in [2.05, 4.69) is 28.9 Å². The molecule has 3 heterocycles. The molecule has 3 aromatic rings. The van der Waals surface area contributed by atoms with Crippen molar-refractivity contribution in [3.63, 3.8) is 0 Å². The standard InChI is InChI=1S/C29H38N2O4S/c1-20-5-9-24(36-20)4-3-16-31-17-14-21(22(19-31)7-12-29(33)34)6-11-28(32)25-13-15-30-27-10-8-23(35-2)18-26(25)27/h5,8-10,13,15,18,21-22,28,32H,3-4,6-7,11-12,14,16-17,19H2,1-2H3,(H,33,34)/t21-,22-,28-/m1/s1. The zero-order valence-corrected chi connectivity index (χ0v) is 22.2. The van der Waals surface area contributed by atoms with Crippen LogP contribution in [0.2, 0.25) is 0 Å². The Hall–Kier alpha value is -2.48. The van der Waals surface area contributed by atoms with E-state index in [1.165, 1.54) is 9.75 Å². The summed E-state index contributed by atoms with van der Waals surface area (Å²) in [4.78, 5) is 21.1. The van der Waals surface area contributed by atoms with Crippen LogP contribution in [-0.2, 0) is 11.2 Å². The van der Waals surface area contributed by atoms with Crippen LogP contribution < -0.4 is 4.74 Å². The first-order valence-electron chi connectivity index (χ1n) is 13.0. The molecular weight excluding hydrogens is 472 g/mol. The number of likely N-dealkylation sites (tertiary alicyclic amines) is 1. The number of fused-ring (bicyclic) bond motifs is 1. The van der Waals surface area contributed by atoms with Crippen LogP contribution in [0, 0.1) is 18.8 Å². The fraction of sp³-hybridized carbons (Fsp3) is 0.517. The predicted octanol–water partition coefficient (Wildman–Crippen LogP) is 5.86. The number of carboxylic acid groups (broad SMARTS) is 1. The summed E-state index contributed by atoms with van der Waals surface area (Å²) in [6, 6.07) is 12.1. The molecule has 1 fully saturated rings. The van der Waals surface area contributed by atoms with E-state index in [9.17, 15) is 15.0 Å². The molecule has 0 spiro atoms. The Morgan fingerprint density at radius 1 is 1.22 bits per heavy atom. The molecule has 1 saturated heterocycles. The van der Waals surface area contributed by atoms with E-state index in [0.717, 1.165) is 67.5 Å². The maximum Gasteiger partial charge on any atom is 0.303 e. The number of carboxylic acids is 1. The SMILES string of the molecule is COc1ccc2nccc([C@H](O)CC[C@@H]3CCN(CCCc4ccc(C)s4)C[C@H]3CCC(=O)O)c2c1. The molecule has 3 atom stereocenters. The number of hydrogen-bond acceptors (Lipinski definition) is 6. The lowest BCUT2D eigenvalue weighted by molar-refractivity contribution is -0.137. The number of aryl methyl sites for hydroxylation is 2. The molecule has 0 bridgehead atoms. The summed E-state index contributed by atoms with van der Waals surface area (Å²) in [6.07, 6.45) is 6.91. The van der Waals surface area contributed by atoms with Gasteiger partial charge in [0, 0.05) is 34.3 Å². The Morgan fingerprint density at radius 2 is 2.08 bits per heavy atom. The van der Waals surface area contributed by atoms with Crippen molar-refractivity contribution in [1.82, 2.24) is 9.88 Å². The monoisotopic (exact) mass is 510 g/mol. The van der Waals surface area contributed by atoms with Gasteiger partial charge >= 0.3 is 5.97 Å². The average molecular weight is 511 g/mol. The largest absolute Gasteiger partial charge is 0.497 e. The quantitative estimate of drug-likeness (QED) is 0.317. The second kappa shape index (κ2) is 12.7. The van der Waals surface area contributed by atoms with E-state index in [1.54, 1.807) is 13.3 Å². The highest BCUT2D eigenvalue weighted by atomic mass is 32.1. The highest BCUT2D eigenvalue weighted by Crippen LogP contribution is 2.35. The number of nitrogens with zero attached hydrogens (tertiary/aromatic N) is 2. The number of pyridine rings is 1. The van der Waals surface area contributed by atoms with Crippen molar-refractivity contribution in [1.29, 1.82) is 0 Å². The fourth-order valence-corrected chi connectivity index (χ4v) is 6.50. The molecule has 2 aromatic heterocycles. The zero-order valence-electron chi connectivity index (χ0n) is 21.4. The Labute approximate surface area is 217 Å². The second-order valence-electron chi connectivity index (χ2n) is 10.0. The van der Waals surface area contributed by atoms with Crippen LogP contribution in [0.15, 0.2) is 42.6 Å². The minimum Gasteiger partial charge on any atom is -0.497 e. The Kier molecular flexibility index (Phi) is 9.35. The number of rotatable bonds is 12. The highest BCUT2D eigenvalue weighted by Gasteiger charge is 2.30. The normalized spacial score (nSPS) is 19.4. The van der Waals surface area contributed by atoms with Crippen molar-refractivity contribution < 1.29 is 19.7 Å². The van der Waals surface area contributed by atoms with Crippen molar-refractivity contribution in [3.8, 4) is 5.75 Å². The van der Waals surface area contributed by atoms with Gasteiger partial charge in [-0.1, -0.05) is 0 Å². The van der Waals surface area contributed by atoms with E-state index < -0.39 is 12.1 Å². The van der Waals surface area contributed by atoms with E-state index in [4.69, 9.17) is 4.74 Å². The molecule has 1 aliphatic heterocycles. The third kappa shape index (κ3) is 7.05. The first-order valence-corrected chi connectivity index (χ1v) is 13.8. The molecule has 0 aliphatic carbocycles. The number of aliphatic hydroxyl groups is 1. The number of hydrogen-bond donors (Lipinski definition) is 2. The van der Waals surface area contributed by atoms with Crippen LogP contribution in [0.3, 0.4) is 0 Å². The second-order valence-corrected chi connectivity index (χ2v) is 11.4. The van der Waals surface area contributed by atoms with Gasteiger partial charge in [0.1, 0.15) is 5.75 Å². The van der Waals surface area contributed by atoms with Crippen LogP contribution in [-0.4, -0.2) is 52.8 Å². The Balaban J connectivity index is 1.35. The lowest BCUT2D eigenvalue weighted by atomic mass is 9.79. The van der Waals surface area contributed by atoms with Crippen molar-refractivity contribution in [2.75, 3.05) is 26.7 Å². The summed E-state index contributed by atoms with van der Waals surface area (Å²) in [5.41, 5.74) is 1.72. The fourth-order valence-electron chi connectivity index (χ4n) is 5.56. The van der Waals surface area contributed by atoms with Gasteiger partial charge in [0.25, 0.3) is 0 Å². The maximum atomic E-state index is 11.3. The van der Waals surface area contributed by atoms with E-state index in [0.29, 0.717) is 24.7 Å². The Bertz CT molecular complexity index is 1150. The molecule has 0 saturated carbocycles. The van der Waals surface area contributed by atoms with Gasteiger partial charge in [-0.3, -0.25) is 9.78 Å². The molecule has 36 heavy (non-hydrogen) atoms. The van der Waals surface area contributed by atoms with Crippen LogP contribution >= 0.6 is 11.3 Å². The van der Waals surface area contributed by atoms with Gasteiger partial charge < -0.3 is 19.8 Å². The summed E-state index contributed by atoms with van der Waals surface area (Å²) in [5.74, 6) is 0.800. The summed E-state index contributed by atoms with van der Waals surface area (Å²) >= 11 is 1.88. The first kappa shape index (κ1) is 26.6. The third-order valence-corrected chi connectivity index (χ3v) is 8.61. The smallest absolute Gasteiger partial charge is 0.303 e. The summed E-state index contributed by atoms with van der Waals surface area (Å²) in [5, 5.41) is 21.3. The van der Waals surface area contributed by atoms with Crippen molar-refractivity contribution in [2.24, 2.45) is 11.8 Å². The lowest BCUT2D eigenvalue weighted by Crippen LogP contribution is -2.41. The number of piperidine rings is 1. The summed E-state index contributed by atoms with van der Waals surface area (Å²) in [6.45, 7) is 5.20. The zero-order chi connectivity index (χ0) is 25.5. The van der Waals surface area contributed by atoms with E-state index in [-0.39, 0.29) is 6.42 Å². The molecule has 2 N–H and O–H groups in total. The number of aliphatic carboxylic acids is 1. The predicted molar refractivity (Wildman–Crippen MR) is 145 cm³/mol. The summed E-state index contributed by atoms with van der Waals surface area (Å²) in [7, 11) is 1.64. The Morgan fingerprint density at radius 3 is 2.83 bits per heavy atom. The summed E-state index contributed by atoms with van der Waals surface area (Å²) < 4.78 is 5.38. The number of aliphatic hydroxyl groups excluding tert-OH is 1. The van der Waals surface area contributed by atoms with Crippen molar-refractivity contribution in [3.05, 3.63) is 57.9 Å². The number of thiophene rings is 1. The molecular formula is C29H38N2O4S. The minimum atomic E-state index is -0.726. The molecule has 4 rings (SSSR count). The number of ether oxygens (including phenoxy) is 1. The van der Waals surface area contributed by atoms with Crippen LogP contribution in [0.5, 0.6) is 5.75 Å². The third-order valence-electron chi connectivity index (χ3n) is 7.55. The van der Waals surface area contributed by atoms with Gasteiger partial charge in [-0.2, -0.15) is 0 Å². The van der Waals surface area contributed by atoms with Gasteiger partial charge in [0.05, 0.1) is 18.7 Å². The molecule has 6 nitrogen and oxygen atoms in total. The molecule has 0 radical (unpaired) electrons. The number of aromatic nitrogens is 1. The minimum absolute atomic E-state index is 0.209. The molecule has 1 aromatic carbocycles. The number of benzene rings is 1. The first-order chi connectivity index (χ1) is 17.4. The maximum absolute atomic E-state index is 11.3. The molecule has 194 valence electrons. The number of carbonyl (C=O) groups is 1. The molecule has 0 amide bonds. The van der Waals surface area contributed by atoms with Crippen molar-refractivity contribution >= 4 is 28.2 Å². The van der Waals surface area contributed by atoms with Crippen LogP contribution in [0.1, 0.15) is 59.9 Å².